The van der Waals surface area contributed by atoms with Crippen LogP contribution in [0.25, 0.3) is 16.8 Å². The third-order valence-corrected chi connectivity index (χ3v) is 3.54. The third-order valence-electron chi connectivity index (χ3n) is 2.92. The normalized spacial score (nSPS) is 11.0. The molecule has 2 heterocycles. The molecule has 0 spiro atoms. The molecular formula is C13H6Cl2FN3O2. The van der Waals surface area contributed by atoms with Crippen LogP contribution < -0.4 is 0 Å². The first-order valence-electron chi connectivity index (χ1n) is 5.71. The van der Waals surface area contributed by atoms with Gasteiger partial charge in [0.1, 0.15) is 21.7 Å². The summed E-state index contributed by atoms with van der Waals surface area (Å²) in [6, 6.07) is 5.92. The van der Waals surface area contributed by atoms with Gasteiger partial charge in [0, 0.05) is 5.56 Å². The molecule has 5 nitrogen and oxygen atoms in total. The van der Waals surface area contributed by atoms with E-state index >= 15 is 0 Å². The van der Waals surface area contributed by atoms with E-state index in [4.69, 9.17) is 28.3 Å². The highest BCUT2D eigenvalue weighted by Gasteiger charge is 2.21. The minimum atomic E-state index is -1.21. The molecule has 21 heavy (non-hydrogen) atoms. The Labute approximate surface area is 127 Å². The minimum absolute atomic E-state index is 0.00223. The maximum absolute atomic E-state index is 13.9. The summed E-state index contributed by atoms with van der Waals surface area (Å²) in [5.41, 5.74) is 0.176. The predicted molar refractivity (Wildman–Crippen MR) is 75.4 cm³/mol. The number of aromatic nitrogens is 3. The fraction of sp³-hybridized carbons (Fsp3) is 0. The number of halogens is 3. The molecule has 8 heteroatoms. The standard InChI is InChI=1S/C13H6Cl2FN3O2/c14-10-9(6-3-1-2-4-8(6)16)11(15)19-12(18-10)7(5-17-19)13(20)21/h1-5H,(H,20,21). The molecule has 1 aromatic carbocycles. The molecule has 0 fully saturated rings. The molecule has 0 aliphatic rings. The molecule has 0 atom stereocenters. The second kappa shape index (κ2) is 4.98. The summed E-state index contributed by atoms with van der Waals surface area (Å²) in [6.45, 7) is 0. The van der Waals surface area contributed by atoms with Crippen LogP contribution in [0.4, 0.5) is 4.39 Å². The number of aromatic carboxylic acids is 1. The number of carboxylic acids is 1. The lowest BCUT2D eigenvalue weighted by Gasteiger charge is -2.09. The summed E-state index contributed by atoms with van der Waals surface area (Å²) in [4.78, 5) is 15.0. The second-order valence-electron chi connectivity index (χ2n) is 4.15. The molecule has 0 aliphatic carbocycles. The summed E-state index contributed by atoms with van der Waals surface area (Å²) >= 11 is 12.2. The van der Waals surface area contributed by atoms with Gasteiger partial charge in [-0.2, -0.15) is 5.10 Å². The van der Waals surface area contributed by atoms with E-state index in [1.54, 1.807) is 6.07 Å². The molecule has 3 aromatic rings. The van der Waals surface area contributed by atoms with Crippen LogP contribution in [0.1, 0.15) is 10.4 Å². The molecule has 0 saturated carbocycles. The van der Waals surface area contributed by atoms with Gasteiger partial charge in [-0.05, 0) is 6.07 Å². The molecule has 1 N–H and O–H groups in total. The largest absolute Gasteiger partial charge is 0.477 e. The molecule has 0 aliphatic heterocycles. The van der Waals surface area contributed by atoms with Crippen molar-refractivity contribution in [3.05, 3.63) is 52.1 Å². The number of rotatable bonds is 2. The molecule has 0 bridgehead atoms. The highest BCUT2D eigenvalue weighted by atomic mass is 35.5. The molecule has 2 aromatic heterocycles. The lowest BCUT2D eigenvalue weighted by molar-refractivity contribution is 0.0699. The van der Waals surface area contributed by atoms with Crippen LogP contribution in [-0.4, -0.2) is 25.7 Å². The van der Waals surface area contributed by atoms with E-state index in [0.717, 1.165) is 10.7 Å². The fourth-order valence-corrected chi connectivity index (χ4v) is 2.60. The Bertz CT molecular complexity index is 879. The average Bonchev–Trinajstić information content (AvgIpc) is 2.85. The Morgan fingerprint density at radius 2 is 2.00 bits per heavy atom. The third kappa shape index (κ3) is 2.12. The van der Waals surface area contributed by atoms with Gasteiger partial charge in [0.15, 0.2) is 5.65 Å². The zero-order valence-electron chi connectivity index (χ0n) is 10.2. The Balaban J connectivity index is 2.36. The number of hydrogen-bond acceptors (Lipinski definition) is 3. The zero-order valence-corrected chi connectivity index (χ0v) is 11.7. The van der Waals surface area contributed by atoms with Gasteiger partial charge < -0.3 is 5.11 Å². The number of benzene rings is 1. The van der Waals surface area contributed by atoms with Crippen molar-refractivity contribution in [1.29, 1.82) is 0 Å². The SMILES string of the molecule is O=C(O)c1cnn2c(Cl)c(-c3ccccc3F)c(Cl)nc12. The second-order valence-corrected chi connectivity index (χ2v) is 4.86. The monoisotopic (exact) mass is 325 g/mol. The molecule has 0 unspecified atom stereocenters. The Kier molecular flexibility index (Phi) is 3.27. The highest BCUT2D eigenvalue weighted by molar-refractivity contribution is 6.38. The van der Waals surface area contributed by atoms with Crippen molar-refractivity contribution in [2.75, 3.05) is 0 Å². The Morgan fingerprint density at radius 3 is 2.67 bits per heavy atom. The maximum atomic E-state index is 13.9. The summed E-state index contributed by atoms with van der Waals surface area (Å²) < 4.78 is 15.0. The minimum Gasteiger partial charge on any atom is -0.477 e. The van der Waals surface area contributed by atoms with E-state index in [9.17, 15) is 9.18 Å². The molecule has 106 valence electrons. The summed E-state index contributed by atoms with van der Waals surface area (Å²) in [5, 5.41) is 12.8. The average molecular weight is 326 g/mol. The highest BCUT2D eigenvalue weighted by Crippen LogP contribution is 2.35. The molecule has 0 saturated heterocycles. The smallest absolute Gasteiger partial charge is 0.341 e. The van der Waals surface area contributed by atoms with E-state index in [-0.39, 0.29) is 32.6 Å². The number of nitrogens with zero attached hydrogens (tertiary/aromatic N) is 3. The van der Waals surface area contributed by atoms with Crippen LogP contribution in [0.15, 0.2) is 30.5 Å². The summed E-state index contributed by atoms with van der Waals surface area (Å²) in [7, 11) is 0. The van der Waals surface area contributed by atoms with Gasteiger partial charge >= 0.3 is 5.97 Å². The molecule has 0 radical (unpaired) electrons. The fourth-order valence-electron chi connectivity index (χ4n) is 1.97. The van der Waals surface area contributed by atoms with E-state index < -0.39 is 11.8 Å². The van der Waals surface area contributed by atoms with Gasteiger partial charge in [0.05, 0.1) is 11.8 Å². The first-order chi connectivity index (χ1) is 10.0. The van der Waals surface area contributed by atoms with Crippen LogP contribution >= 0.6 is 23.2 Å². The zero-order chi connectivity index (χ0) is 15.1. The first kappa shape index (κ1) is 13.8. The van der Waals surface area contributed by atoms with Crippen molar-refractivity contribution in [3.8, 4) is 11.1 Å². The van der Waals surface area contributed by atoms with E-state index in [2.05, 4.69) is 10.1 Å². The van der Waals surface area contributed by atoms with E-state index in [1.807, 2.05) is 0 Å². The van der Waals surface area contributed by atoms with Crippen LogP contribution in [0, 0.1) is 5.82 Å². The predicted octanol–water partition coefficient (Wildman–Crippen LogP) is 3.54. The number of carbonyl (C=O) groups is 1. The van der Waals surface area contributed by atoms with Gasteiger partial charge in [-0.15, -0.1) is 0 Å². The molecular weight excluding hydrogens is 320 g/mol. The molecule has 3 rings (SSSR count). The Hall–Kier alpha value is -2.18. The lowest BCUT2D eigenvalue weighted by atomic mass is 10.1. The summed E-state index contributed by atoms with van der Waals surface area (Å²) in [5.74, 6) is -1.73. The topological polar surface area (TPSA) is 67.5 Å². The first-order valence-corrected chi connectivity index (χ1v) is 6.47. The van der Waals surface area contributed by atoms with Gasteiger partial charge in [0.2, 0.25) is 0 Å². The van der Waals surface area contributed by atoms with Crippen molar-refractivity contribution in [2.45, 2.75) is 0 Å². The maximum Gasteiger partial charge on any atom is 0.341 e. The number of carboxylic acid groups (broad SMARTS) is 1. The van der Waals surface area contributed by atoms with Gasteiger partial charge in [0.25, 0.3) is 0 Å². The quantitative estimate of drug-likeness (QED) is 0.732. The van der Waals surface area contributed by atoms with Gasteiger partial charge in [-0.1, -0.05) is 41.4 Å². The van der Waals surface area contributed by atoms with Crippen LogP contribution in [-0.2, 0) is 0 Å². The van der Waals surface area contributed by atoms with Gasteiger partial charge in [-0.25, -0.2) is 18.7 Å². The van der Waals surface area contributed by atoms with Crippen LogP contribution in [0.5, 0.6) is 0 Å². The van der Waals surface area contributed by atoms with Crippen molar-refractivity contribution >= 4 is 34.8 Å². The summed E-state index contributed by atoms with van der Waals surface area (Å²) in [6.07, 6.45) is 1.11. The Morgan fingerprint density at radius 1 is 1.29 bits per heavy atom. The van der Waals surface area contributed by atoms with Crippen molar-refractivity contribution in [1.82, 2.24) is 14.6 Å². The van der Waals surface area contributed by atoms with E-state index in [1.165, 1.54) is 18.2 Å². The van der Waals surface area contributed by atoms with Crippen LogP contribution in [0.3, 0.4) is 0 Å². The van der Waals surface area contributed by atoms with Gasteiger partial charge in [-0.3, -0.25) is 0 Å². The number of hydrogen-bond donors (Lipinski definition) is 1. The van der Waals surface area contributed by atoms with Crippen molar-refractivity contribution < 1.29 is 14.3 Å². The number of fused-ring (bicyclic) bond motifs is 1. The van der Waals surface area contributed by atoms with Crippen molar-refractivity contribution in [2.24, 2.45) is 0 Å². The van der Waals surface area contributed by atoms with E-state index in [0.29, 0.717) is 0 Å². The van der Waals surface area contributed by atoms with Crippen LogP contribution in [0.2, 0.25) is 10.3 Å². The van der Waals surface area contributed by atoms with Crippen molar-refractivity contribution in [3.63, 3.8) is 0 Å². The molecule has 0 amide bonds. The lowest BCUT2D eigenvalue weighted by Crippen LogP contribution is -2.01.